The van der Waals surface area contributed by atoms with Gasteiger partial charge in [0.15, 0.2) is 5.69 Å². The zero-order chi connectivity index (χ0) is 11.6. The Bertz CT molecular complexity index is 370. The van der Waals surface area contributed by atoms with E-state index >= 15 is 0 Å². The highest BCUT2D eigenvalue weighted by Gasteiger charge is 2.39. The van der Waals surface area contributed by atoms with Crippen molar-refractivity contribution in [2.45, 2.75) is 25.0 Å². The van der Waals surface area contributed by atoms with E-state index in [1.807, 2.05) is 0 Å². The first-order valence-corrected chi connectivity index (χ1v) is 5.85. The third-order valence-electron chi connectivity index (χ3n) is 2.81. The summed E-state index contributed by atoms with van der Waals surface area (Å²) in [6.07, 6.45) is 0.269. The summed E-state index contributed by atoms with van der Waals surface area (Å²) in [6.45, 7) is 2.49. The number of nitrogens with zero attached hydrogens (tertiary/aromatic N) is 2. The van der Waals surface area contributed by atoms with Gasteiger partial charge in [-0.1, -0.05) is 4.49 Å². The van der Waals surface area contributed by atoms with E-state index in [1.165, 1.54) is 0 Å². The molecule has 2 rings (SSSR count). The van der Waals surface area contributed by atoms with Crippen LogP contribution in [0.2, 0.25) is 0 Å². The average Bonchev–Trinajstić information content (AvgIpc) is 2.87. The van der Waals surface area contributed by atoms with Crippen molar-refractivity contribution in [1.82, 2.24) is 14.9 Å². The fourth-order valence-corrected chi connectivity index (χ4v) is 2.03. The second-order valence-corrected chi connectivity index (χ2v) is 4.45. The fourth-order valence-electron chi connectivity index (χ4n) is 1.59. The lowest BCUT2D eigenvalue weighted by atomic mass is 9.97. The SMILES string of the molecule is CC1OCCC1(O)CNC(=O)c1csnn1. The van der Waals surface area contributed by atoms with Crippen molar-refractivity contribution in [3.63, 3.8) is 0 Å². The van der Waals surface area contributed by atoms with Crippen LogP contribution in [0.15, 0.2) is 5.38 Å². The predicted molar refractivity (Wildman–Crippen MR) is 57.2 cm³/mol. The monoisotopic (exact) mass is 243 g/mol. The van der Waals surface area contributed by atoms with Gasteiger partial charge in [-0.15, -0.1) is 5.10 Å². The zero-order valence-electron chi connectivity index (χ0n) is 8.84. The largest absolute Gasteiger partial charge is 0.385 e. The van der Waals surface area contributed by atoms with Crippen LogP contribution < -0.4 is 5.32 Å². The van der Waals surface area contributed by atoms with Crippen LogP contribution in [-0.2, 0) is 4.74 Å². The summed E-state index contributed by atoms with van der Waals surface area (Å²) in [7, 11) is 0. The maximum atomic E-state index is 11.6. The maximum Gasteiger partial charge on any atom is 0.272 e. The Balaban J connectivity index is 1.90. The van der Waals surface area contributed by atoms with Crippen LogP contribution in [0.4, 0.5) is 0 Å². The highest BCUT2D eigenvalue weighted by molar-refractivity contribution is 7.03. The molecule has 1 aliphatic heterocycles. The summed E-state index contributed by atoms with van der Waals surface area (Å²) in [4.78, 5) is 11.6. The van der Waals surface area contributed by atoms with Gasteiger partial charge in [-0.2, -0.15) is 0 Å². The lowest BCUT2D eigenvalue weighted by Gasteiger charge is -2.25. The van der Waals surface area contributed by atoms with Crippen LogP contribution in [0.5, 0.6) is 0 Å². The number of hydrogen-bond donors (Lipinski definition) is 2. The topological polar surface area (TPSA) is 84.3 Å². The summed E-state index contributed by atoms with van der Waals surface area (Å²) in [6, 6.07) is 0. The molecule has 1 saturated heterocycles. The molecule has 0 aliphatic carbocycles. The van der Waals surface area contributed by atoms with Crippen LogP contribution in [0.1, 0.15) is 23.8 Å². The predicted octanol–water partition coefficient (Wildman–Crippen LogP) is -0.192. The summed E-state index contributed by atoms with van der Waals surface area (Å²) in [5.74, 6) is -0.318. The molecule has 16 heavy (non-hydrogen) atoms. The molecule has 0 bridgehead atoms. The third kappa shape index (κ3) is 2.21. The Kier molecular flexibility index (Phi) is 3.17. The van der Waals surface area contributed by atoms with Gasteiger partial charge in [0.2, 0.25) is 0 Å². The first-order valence-electron chi connectivity index (χ1n) is 5.01. The molecule has 1 aliphatic rings. The van der Waals surface area contributed by atoms with E-state index in [9.17, 15) is 9.90 Å². The zero-order valence-corrected chi connectivity index (χ0v) is 9.66. The lowest BCUT2D eigenvalue weighted by Crippen LogP contribution is -2.47. The van der Waals surface area contributed by atoms with E-state index in [1.54, 1.807) is 12.3 Å². The molecular weight excluding hydrogens is 230 g/mol. The van der Waals surface area contributed by atoms with Gasteiger partial charge < -0.3 is 15.2 Å². The molecule has 2 heterocycles. The quantitative estimate of drug-likeness (QED) is 0.768. The van der Waals surface area contributed by atoms with Crippen molar-refractivity contribution in [2.75, 3.05) is 13.2 Å². The highest BCUT2D eigenvalue weighted by Crippen LogP contribution is 2.24. The molecule has 0 aromatic carbocycles. The Morgan fingerprint density at radius 1 is 1.88 bits per heavy atom. The first-order chi connectivity index (χ1) is 7.62. The van der Waals surface area contributed by atoms with Crippen LogP contribution in [-0.4, -0.2) is 45.5 Å². The maximum absolute atomic E-state index is 11.6. The molecule has 88 valence electrons. The first kappa shape index (κ1) is 11.4. The number of rotatable bonds is 3. The van der Waals surface area contributed by atoms with Crippen LogP contribution in [0.3, 0.4) is 0 Å². The third-order valence-corrected chi connectivity index (χ3v) is 3.31. The van der Waals surface area contributed by atoms with E-state index < -0.39 is 5.60 Å². The Morgan fingerprint density at radius 2 is 2.69 bits per heavy atom. The minimum Gasteiger partial charge on any atom is -0.385 e. The normalized spacial score (nSPS) is 29.2. The van der Waals surface area contributed by atoms with Gasteiger partial charge in [-0.05, 0) is 18.5 Å². The molecule has 0 saturated carbocycles. The number of aromatic nitrogens is 2. The van der Waals surface area contributed by atoms with Gasteiger partial charge in [0.1, 0.15) is 5.60 Å². The van der Waals surface area contributed by atoms with Gasteiger partial charge in [0, 0.05) is 25.0 Å². The van der Waals surface area contributed by atoms with E-state index in [2.05, 4.69) is 14.9 Å². The van der Waals surface area contributed by atoms with Crippen molar-refractivity contribution in [1.29, 1.82) is 0 Å². The van der Waals surface area contributed by atoms with E-state index in [0.29, 0.717) is 13.0 Å². The standard InChI is InChI=1S/C9H13N3O3S/c1-6-9(14,2-3-15-6)5-10-8(13)7-4-16-12-11-7/h4,6,14H,2-3,5H2,1H3,(H,10,13). The molecule has 2 atom stereocenters. The van der Waals surface area contributed by atoms with Gasteiger partial charge in [-0.25, -0.2) is 0 Å². The molecule has 1 aromatic heterocycles. The lowest BCUT2D eigenvalue weighted by molar-refractivity contribution is -0.0252. The highest BCUT2D eigenvalue weighted by atomic mass is 32.1. The minimum absolute atomic E-state index is 0.171. The van der Waals surface area contributed by atoms with Crippen molar-refractivity contribution >= 4 is 17.4 Å². The molecule has 1 fully saturated rings. The van der Waals surface area contributed by atoms with Crippen molar-refractivity contribution in [2.24, 2.45) is 0 Å². The van der Waals surface area contributed by atoms with E-state index in [4.69, 9.17) is 4.74 Å². The minimum atomic E-state index is -0.973. The number of amides is 1. The molecule has 0 radical (unpaired) electrons. The number of ether oxygens (including phenoxy) is 1. The van der Waals surface area contributed by atoms with Crippen LogP contribution in [0, 0.1) is 0 Å². The summed E-state index contributed by atoms with van der Waals surface area (Å²) >= 11 is 1.12. The van der Waals surface area contributed by atoms with Gasteiger partial charge in [0.25, 0.3) is 5.91 Å². The Labute approximate surface area is 96.8 Å². The Hall–Kier alpha value is -1.05. The van der Waals surface area contributed by atoms with E-state index in [0.717, 1.165) is 11.5 Å². The summed E-state index contributed by atoms with van der Waals surface area (Å²) in [5.41, 5.74) is -0.695. The molecule has 7 heteroatoms. The molecule has 6 nitrogen and oxygen atoms in total. The number of carbonyl (C=O) groups excluding carboxylic acids is 1. The second kappa shape index (κ2) is 4.44. The number of hydrogen-bond acceptors (Lipinski definition) is 6. The molecular formula is C9H13N3O3S. The van der Waals surface area contributed by atoms with Crippen molar-refractivity contribution < 1.29 is 14.6 Å². The second-order valence-electron chi connectivity index (χ2n) is 3.84. The molecule has 1 aromatic rings. The van der Waals surface area contributed by atoms with Gasteiger partial charge in [-0.3, -0.25) is 4.79 Å². The van der Waals surface area contributed by atoms with Crippen LogP contribution in [0.25, 0.3) is 0 Å². The molecule has 2 unspecified atom stereocenters. The summed E-state index contributed by atoms with van der Waals surface area (Å²) < 4.78 is 8.86. The summed E-state index contributed by atoms with van der Waals surface area (Å²) in [5, 5.41) is 18.0. The van der Waals surface area contributed by atoms with Crippen molar-refractivity contribution in [3.8, 4) is 0 Å². The van der Waals surface area contributed by atoms with Gasteiger partial charge in [0.05, 0.1) is 6.10 Å². The molecule has 1 amide bonds. The number of nitrogens with one attached hydrogen (secondary N) is 1. The smallest absolute Gasteiger partial charge is 0.272 e. The number of aliphatic hydroxyl groups is 1. The number of carbonyl (C=O) groups is 1. The van der Waals surface area contributed by atoms with Gasteiger partial charge >= 0.3 is 0 Å². The van der Waals surface area contributed by atoms with E-state index in [-0.39, 0.29) is 24.2 Å². The fraction of sp³-hybridized carbons (Fsp3) is 0.667. The van der Waals surface area contributed by atoms with Crippen molar-refractivity contribution in [3.05, 3.63) is 11.1 Å². The molecule has 0 spiro atoms. The molecule has 2 N–H and O–H groups in total. The average molecular weight is 243 g/mol. The van der Waals surface area contributed by atoms with Crippen LogP contribution >= 0.6 is 11.5 Å². The Morgan fingerprint density at radius 3 is 3.25 bits per heavy atom.